The molecule has 0 aromatic heterocycles. The predicted molar refractivity (Wildman–Crippen MR) is 82.5 cm³/mol. The molecule has 19 heavy (non-hydrogen) atoms. The molecular formula is C9H12Cl3N3O2S2. The molecule has 0 radical (unpaired) electrons. The average Bonchev–Trinajstić information content (AvgIpc) is 2.30. The van der Waals surface area contributed by atoms with Crippen molar-refractivity contribution in [2.45, 2.75) is 17.0 Å². The van der Waals surface area contributed by atoms with Gasteiger partial charge in [-0.15, -0.1) is 11.8 Å². The molecule has 0 bridgehead atoms. The van der Waals surface area contributed by atoms with Gasteiger partial charge in [0.2, 0.25) is 0 Å². The van der Waals surface area contributed by atoms with Crippen LogP contribution in [0.3, 0.4) is 0 Å². The number of carbonyl (C=O) groups excluding carboxylic acids is 1. The number of amides is 1. The van der Waals surface area contributed by atoms with Gasteiger partial charge in [0.25, 0.3) is 3.12 Å². The number of oxime groups is 1. The molecule has 1 amide bonds. The Hall–Kier alpha value is -0.000000000000000167. The van der Waals surface area contributed by atoms with E-state index < -0.39 is 9.22 Å². The van der Waals surface area contributed by atoms with Crippen molar-refractivity contribution in [2.24, 2.45) is 11.1 Å². The third kappa shape index (κ3) is 10.4. The predicted octanol–water partition coefficient (Wildman–Crippen LogP) is 4.26. The number of nitrogens with zero attached hydrogens (tertiary/aromatic N) is 3. The molecule has 0 heterocycles. The molecule has 0 N–H and O–H groups in total. The van der Waals surface area contributed by atoms with E-state index in [0.29, 0.717) is 22.7 Å². The van der Waals surface area contributed by atoms with E-state index in [1.807, 2.05) is 0 Å². The van der Waals surface area contributed by atoms with Crippen molar-refractivity contribution in [3.05, 3.63) is 0 Å². The number of alkyl halides is 3. The molecule has 0 aromatic carbocycles. The Morgan fingerprint density at radius 2 is 2.16 bits per heavy atom. The zero-order chi connectivity index (χ0) is 15.1. The van der Waals surface area contributed by atoms with Gasteiger partial charge in [0.1, 0.15) is 5.04 Å². The molecule has 1 atom stereocenters. The lowest BCUT2D eigenvalue weighted by Gasteiger charge is -2.17. The van der Waals surface area contributed by atoms with Crippen molar-refractivity contribution in [3.63, 3.8) is 0 Å². The van der Waals surface area contributed by atoms with Crippen LogP contribution in [0.4, 0.5) is 4.79 Å². The van der Waals surface area contributed by atoms with Crippen LogP contribution in [-0.4, -0.2) is 31.4 Å². The van der Waals surface area contributed by atoms with E-state index in [9.17, 15) is 4.79 Å². The van der Waals surface area contributed by atoms with E-state index in [2.05, 4.69) is 16.1 Å². The normalized spacial score (nSPS) is 13.6. The maximum atomic E-state index is 11.5. The standard InChI is InChI=1S/C9H12Cl3N3O2S2/c1-6(4-13)5-18-7(2)14-17-8(16)15(3)19-9(10,11)12/h6H,5H2,1-3H3/b14-7+. The fourth-order valence-corrected chi connectivity index (χ4v) is 2.67. The lowest BCUT2D eigenvalue weighted by molar-refractivity contribution is 0.137. The Morgan fingerprint density at radius 1 is 1.58 bits per heavy atom. The maximum absolute atomic E-state index is 11.5. The van der Waals surface area contributed by atoms with E-state index in [1.54, 1.807) is 13.8 Å². The van der Waals surface area contributed by atoms with Gasteiger partial charge in [0.05, 0.1) is 12.0 Å². The van der Waals surface area contributed by atoms with Crippen LogP contribution >= 0.6 is 58.5 Å². The Labute approximate surface area is 135 Å². The highest BCUT2D eigenvalue weighted by Gasteiger charge is 2.27. The lowest BCUT2D eigenvalue weighted by Crippen LogP contribution is -2.22. The molecule has 0 saturated carbocycles. The van der Waals surface area contributed by atoms with Crippen molar-refractivity contribution < 1.29 is 9.63 Å². The van der Waals surface area contributed by atoms with Crippen LogP contribution in [0.2, 0.25) is 0 Å². The molecule has 0 aliphatic rings. The minimum Gasteiger partial charge on any atom is -0.296 e. The first-order valence-corrected chi connectivity index (χ1v) is 7.82. The van der Waals surface area contributed by atoms with Crippen molar-refractivity contribution in [3.8, 4) is 6.07 Å². The monoisotopic (exact) mass is 363 g/mol. The second-order valence-electron chi connectivity index (χ2n) is 3.34. The number of hydrogen-bond acceptors (Lipinski definition) is 6. The second-order valence-corrected chi connectivity index (χ2v) is 8.85. The maximum Gasteiger partial charge on any atom is 0.445 e. The van der Waals surface area contributed by atoms with Crippen molar-refractivity contribution in [1.82, 2.24) is 4.31 Å². The average molecular weight is 365 g/mol. The number of hydrogen-bond donors (Lipinski definition) is 0. The first-order chi connectivity index (χ1) is 8.65. The molecule has 108 valence electrons. The third-order valence-electron chi connectivity index (χ3n) is 1.51. The molecule has 0 aliphatic carbocycles. The molecule has 5 nitrogen and oxygen atoms in total. The van der Waals surface area contributed by atoms with E-state index in [-0.39, 0.29) is 5.92 Å². The molecule has 10 heteroatoms. The van der Waals surface area contributed by atoms with Gasteiger partial charge in [0.15, 0.2) is 0 Å². The first-order valence-electron chi connectivity index (χ1n) is 4.93. The highest BCUT2D eigenvalue weighted by molar-refractivity contribution is 8.13. The van der Waals surface area contributed by atoms with Gasteiger partial charge in [-0.3, -0.25) is 4.84 Å². The fourth-order valence-electron chi connectivity index (χ4n) is 0.663. The molecule has 0 fully saturated rings. The summed E-state index contributed by atoms with van der Waals surface area (Å²) in [7, 11) is 1.39. The van der Waals surface area contributed by atoms with Gasteiger partial charge in [-0.1, -0.05) is 40.0 Å². The van der Waals surface area contributed by atoms with Gasteiger partial charge in [0, 0.05) is 24.7 Å². The number of rotatable bonds is 4. The summed E-state index contributed by atoms with van der Waals surface area (Å²) in [5.74, 6) is 0.468. The fraction of sp³-hybridized carbons (Fsp3) is 0.667. The molecule has 0 rings (SSSR count). The van der Waals surface area contributed by atoms with E-state index in [0.717, 1.165) is 4.31 Å². The topological polar surface area (TPSA) is 65.7 Å². The highest BCUT2D eigenvalue weighted by atomic mass is 35.6. The number of halogens is 3. The third-order valence-corrected chi connectivity index (χ3v) is 3.92. The summed E-state index contributed by atoms with van der Waals surface area (Å²) in [6.45, 7) is 3.46. The summed E-state index contributed by atoms with van der Waals surface area (Å²) in [5.41, 5.74) is 0. The van der Waals surface area contributed by atoms with Crippen LogP contribution in [0.1, 0.15) is 13.8 Å². The molecular weight excluding hydrogens is 353 g/mol. The van der Waals surface area contributed by atoms with Gasteiger partial charge in [-0.25, -0.2) is 9.10 Å². The Balaban J connectivity index is 4.16. The zero-order valence-corrected chi connectivity index (χ0v) is 14.3. The quantitative estimate of drug-likeness (QED) is 0.186. The highest BCUT2D eigenvalue weighted by Crippen LogP contribution is 2.40. The van der Waals surface area contributed by atoms with Gasteiger partial charge >= 0.3 is 6.09 Å². The summed E-state index contributed by atoms with van der Waals surface area (Å²) in [6, 6.07) is 2.09. The summed E-state index contributed by atoms with van der Waals surface area (Å²) in [5, 5.41) is 12.8. The smallest absolute Gasteiger partial charge is 0.296 e. The van der Waals surface area contributed by atoms with Gasteiger partial charge < -0.3 is 0 Å². The van der Waals surface area contributed by atoms with Gasteiger partial charge in [-0.2, -0.15) is 5.26 Å². The van der Waals surface area contributed by atoms with Crippen molar-refractivity contribution in [2.75, 3.05) is 12.8 Å². The van der Waals surface area contributed by atoms with E-state index in [4.69, 9.17) is 40.1 Å². The van der Waals surface area contributed by atoms with Crippen molar-refractivity contribution >= 4 is 69.6 Å². The van der Waals surface area contributed by atoms with Gasteiger partial charge in [-0.05, 0) is 13.8 Å². The van der Waals surface area contributed by atoms with Crippen LogP contribution in [0, 0.1) is 17.2 Å². The Kier molecular flexibility index (Phi) is 9.03. The second kappa shape index (κ2) is 9.03. The molecule has 1 unspecified atom stereocenters. The van der Waals surface area contributed by atoms with E-state index >= 15 is 0 Å². The Bertz CT molecular complexity index is 382. The van der Waals surface area contributed by atoms with Crippen LogP contribution in [-0.2, 0) is 4.84 Å². The molecule has 0 aromatic rings. The van der Waals surface area contributed by atoms with Crippen LogP contribution in [0.25, 0.3) is 0 Å². The lowest BCUT2D eigenvalue weighted by atomic mass is 10.3. The van der Waals surface area contributed by atoms with E-state index in [1.165, 1.54) is 18.8 Å². The summed E-state index contributed by atoms with van der Waals surface area (Å²) in [6.07, 6.45) is -0.760. The zero-order valence-electron chi connectivity index (χ0n) is 10.4. The SMILES string of the molecule is C/C(=N\OC(=O)N(C)SC(Cl)(Cl)Cl)SCC(C)C#N. The van der Waals surface area contributed by atoms with Crippen LogP contribution in [0.15, 0.2) is 5.16 Å². The molecule has 0 aliphatic heterocycles. The number of thioether (sulfide) groups is 1. The van der Waals surface area contributed by atoms with Crippen LogP contribution in [0.5, 0.6) is 0 Å². The minimum absolute atomic E-state index is 0.103. The number of carbonyl (C=O) groups is 1. The largest absolute Gasteiger partial charge is 0.445 e. The summed E-state index contributed by atoms with van der Waals surface area (Å²) >= 11 is 18.5. The van der Waals surface area contributed by atoms with Crippen LogP contribution < -0.4 is 0 Å². The summed E-state index contributed by atoms with van der Waals surface area (Å²) < 4.78 is -0.629. The van der Waals surface area contributed by atoms with Crippen molar-refractivity contribution in [1.29, 1.82) is 5.26 Å². The number of nitriles is 1. The Morgan fingerprint density at radius 3 is 2.63 bits per heavy atom. The molecule has 0 spiro atoms. The summed E-state index contributed by atoms with van der Waals surface area (Å²) in [4.78, 5) is 16.1. The molecule has 0 saturated heterocycles. The minimum atomic E-state index is -1.65. The first kappa shape index (κ1) is 19.0.